The number of aryl methyl sites for hydroxylation is 3. The van der Waals surface area contributed by atoms with E-state index in [-0.39, 0.29) is 5.56 Å². The fraction of sp³-hybridized carbons (Fsp3) is 0.333. The first-order chi connectivity index (χ1) is 9.02. The van der Waals surface area contributed by atoms with Crippen molar-refractivity contribution < 1.29 is 0 Å². The molecule has 0 spiro atoms. The zero-order valence-corrected chi connectivity index (χ0v) is 11.8. The number of hydrogen-bond donors (Lipinski definition) is 1. The molecule has 4 nitrogen and oxygen atoms in total. The Hall–Kier alpha value is -1.94. The molecule has 0 saturated carbocycles. The Labute approximate surface area is 113 Å². The van der Waals surface area contributed by atoms with Gasteiger partial charge < -0.3 is 5.32 Å². The number of benzene rings is 1. The van der Waals surface area contributed by atoms with Crippen molar-refractivity contribution >= 4 is 0 Å². The number of nitrogens with one attached hydrogen (secondary N) is 1. The Morgan fingerprint density at radius 3 is 2.63 bits per heavy atom. The van der Waals surface area contributed by atoms with E-state index in [0.717, 1.165) is 16.8 Å². The molecule has 0 bridgehead atoms. The minimum atomic E-state index is -0.0529. The molecule has 0 aliphatic rings. The average Bonchev–Trinajstić information content (AvgIpc) is 2.35. The van der Waals surface area contributed by atoms with Crippen LogP contribution in [-0.4, -0.2) is 16.8 Å². The zero-order chi connectivity index (χ0) is 14.0. The molecular weight excluding hydrogens is 238 g/mol. The van der Waals surface area contributed by atoms with Crippen molar-refractivity contribution in [3.05, 3.63) is 51.3 Å². The molecule has 0 aliphatic carbocycles. The zero-order valence-electron chi connectivity index (χ0n) is 11.8. The number of nitrogens with zero attached hydrogens (tertiary/aromatic N) is 2. The van der Waals surface area contributed by atoms with E-state index in [2.05, 4.69) is 42.5 Å². The number of hydrogen-bond acceptors (Lipinski definition) is 3. The van der Waals surface area contributed by atoms with Gasteiger partial charge in [-0.2, -0.15) is 5.10 Å². The van der Waals surface area contributed by atoms with Gasteiger partial charge >= 0.3 is 0 Å². The van der Waals surface area contributed by atoms with Gasteiger partial charge in [0.05, 0.1) is 5.69 Å². The molecule has 1 heterocycles. The van der Waals surface area contributed by atoms with Crippen molar-refractivity contribution in [3.63, 3.8) is 0 Å². The second-order valence-corrected chi connectivity index (χ2v) is 4.83. The molecule has 0 radical (unpaired) electrons. The van der Waals surface area contributed by atoms with Gasteiger partial charge in [0.1, 0.15) is 0 Å². The summed E-state index contributed by atoms with van der Waals surface area (Å²) in [5, 5.41) is 7.37. The van der Waals surface area contributed by atoms with Crippen molar-refractivity contribution in [2.75, 3.05) is 7.05 Å². The van der Waals surface area contributed by atoms with Gasteiger partial charge in [-0.15, -0.1) is 0 Å². The molecule has 2 aromatic rings. The summed E-state index contributed by atoms with van der Waals surface area (Å²) in [5.74, 6) is 0. The second kappa shape index (κ2) is 5.36. The molecule has 0 unspecified atom stereocenters. The molecule has 1 aromatic carbocycles. The highest BCUT2D eigenvalue weighted by atomic mass is 16.1. The van der Waals surface area contributed by atoms with Crippen molar-refractivity contribution in [2.45, 2.75) is 20.4 Å². The quantitative estimate of drug-likeness (QED) is 0.911. The van der Waals surface area contributed by atoms with Crippen LogP contribution in [0.3, 0.4) is 0 Å². The molecule has 0 atom stereocenters. The lowest BCUT2D eigenvalue weighted by Crippen LogP contribution is -2.26. The van der Waals surface area contributed by atoms with Crippen LogP contribution in [0.2, 0.25) is 0 Å². The normalized spacial score (nSPS) is 10.7. The van der Waals surface area contributed by atoms with E-state index in [9.17, 15) is 4.79 Å². The monoisotopic (exact) mass is 257 g/mol. The molecule has 100 valence electrons. The average molecular weight is 257 g/mol. The highest BCUT2D eigenvalue weighted by Crippen LogP contribution is 2.22. The molecule has 0 fully saturated rings. The van der Waals surface area contributed by atoms with E-state index in [1.165, 1.54) is 15.8 Å². The third-order valence-electron chi connectivity index (χ3n) is 3.16. The minimum Gasteiger partial charge on any atom is -0.315 e. The van der Waals surface area contributed by atoms with Crippen molar-refractivity contribution in [2.24, 2.45) is 7.05 Å². The molecular formula is C15H19N3O. The van der Waals surface area contributed by atoms with Gasteiger partial charge in [0.2, 0.25) is 0 Å². The summed E-state index contributed by atoms with van der Waals surface area (Å²) in [5.41, 5.74) is 4.98. The Morgan fingerprint density at radius 1 is 1.26 bits per heavy atom. The molecule has 19 heavy (non-hydrogen) atoms. The maximum atomic E-state index is 11.9. The van der Waals surface area contributed by atoms with Crippen LogP contribution in [0, 0.1) is 13.8 Å². The number of rotatable bonds is 3. The third kappa shape index (κ3) is 2.74. The summed E-state index contributed by atoms with van der Waals surface area (Å²) in [6.45, 7) is 4.68. The predicted molar refractivity (Wildman–Crippen MR) is 77.2 cm³/mol. The minimum absolute atomic E-state index is 0.0529. The molecule has 0 aliphatic heterocycles. The van der Waals surface area contributed by atoms with Crippen LogP contribution in [0.15, 0.2) is 29.1 Å². The maximum absolute atomic E-state index is 11.9. The Balaban J connectivity index is 2.59. The number of aromatic nitrogens is 2. The van der Waals surface area contributed by atoms with Crippen molar-refractivity contribution in [1.82, 2.24) is 15.1 Å². The molecule has 1 N–H and O–H groups in total. The SMILES string of the molecule is CNCc1cc(-c2ccc(C)cc2C)nn(C)c1=O. The Bertz CT molecular complexity index is 659. The topological polar surface area (TPSA) is 46.9 Å². The lowest BCUT2D eigenvalue weighted by Gasteiger charge is -2.10. The summed E-state index contributed by atoms with van der Waals surface area (Å²) in [6.07, 6.45) is 0. The first-order valence-corrected chi connectivity index (χ1v) is 6.32. The first-order valence-electron chi connectivity index (χ1n) is 6.32. The molecule has 0 saturated heterocycles. The van der Waals surface area contributed by atoms with E-state index in [4.69, 9.17) is 0 Å². The van der Waals surface area contributed by atoms with Gasteiger partial charge in [-0.05, 0) is 32.5 Å². The smallest absolute Gasteiger partial charge is 0.271 e. The van der Waals surface area contributed by atoms with E-state index in [1.54, 1.807) is 7.05 Å². The van der Waals surface area contributed by atoms with Gasteiger partial charge in [0, 0.05) is 24.7 Å². The van der Waals surface area contributed by atoms with Crippen LogP contribution in [-0.2, 0) is 13.6 Å². The van der Waals surface area contributed by atoms with E-state index in [1.807, 2.05) is 13.1 Å². The fourth-order valence-corrected chi connectivity index (χ4v) is 2.22. The molecule has 2 rings (SSSR count). The van der Waals surface area contributed by atoms with Gasteiger partial charge in [0.25, 0.3) is 5.56 Å². The maximum Gasteiger partial charge on any atom is 0.271 e. The van der Waals surface area contributed by atoms with Crippen LogP contribution in [0.25, 0.3) is 11.3 Å². The summed E-state index contributed by atoms with van der Waals surface area (Å²) < 4.78 is 1.40. The van der Waals surface area contributed by atoms with Crippen LogP contribution < -0.4 is 10.9 Å². The van der Waals surface area contributed by atoms with Gasteiger partial charge in [-0.1, -0.05) is 23.8 Å². The Kier molecular flexibility index (Phi) is 3.81. The van der Waals surface area contributed by atoms with Crippen LogP contribution in [0.5, 0.6) is 0 Å². The fourth-order valence-electron chi connectivity index (χ4n) is 2.22. The van der Waals surface area contributed by atoms with E-state index < -0.39 is 0 Å². The van der Waals surface area contributed by atoms with Crippen molar-refractivity contribution in [3.8, 4) is 11.3 Å². The molecule has 0 amide bonds. The lowest BCUT2D eigenvalue weighted by molar-refractivity contribution is 0.683. The summed E-state index contributed by atoms with van der Waals surface area (Å²) in [7, 11) is 3.52. The van der Waals surface area contributed by atoms with Crippen LogP contribution in [0.1, 0.15) is 16.7 Å². The third-order valence-corrected chi connectivity index (χ3v) is 3.16. The summed E-state index contributed by atoms with van der Waals surface area (Å²) in [4.78, 5) is 11.9. The van der Waals surface area contributed by atoms with Gasteiger partial charge in [-0.3, -0.25) is 4.79 Å². The van der Waals surface area contributed by atoms with Gasteiger partial charge in [-0.25, -0.2) is 4.68 Å². The predicted octanol–water partition coefficient (Wildman–Crippen LogP) is 1.78. The summed E-state index contributed by atoms with van der Waals surface area (Å²) in [6, 6.07) is 8.11. The lowest BCUT2D eigenvalue weighted by atomic mass is 10.0. The van der Waals surface area contributed by atoms with Crippen LogP contribution in [0.4, 0.5) is 0 Å². The molecule has 4 heteroatoms. The highest BCUT2D eigenvalue weighted by Gasteiger charge is 2.09. The second-order valence-electron chi connectivity index (χ2n) is 4.83. The van der Waals surface area contributed by atoms with Crippen molar-refractivity contribution in [1.29, 1.82) is 0 Å². The Morgan fingerprint density at radius 2 is 2.00 bits per heavy atom. The molecule has 1 aromatic heterocycles. The first kappa shape index (κ1) is 13.5. The van der Waals surface area contributed by atoms with E-state index in [0.29, 0.717) is 6.54 Å². The van der Waals surface area contributed by atoms with Crippen LogP contribution >= 0.6 is 0 Å². The highest BCUT2D eigenvalue weighted by molar-refractivity contribution is 5.64. The standard InChI is InChI=1S/C15H19N3O/c1-10-5-6-13(11(2)7-10)14-8-12(9-16-3)15(19)18(4)17-14/h5-8,16H,9H2,1-4H3. The van der Waals surface area contributed by atoms with Gasteiger partial charge in [0.15, 0.2) is 0 Å². The largest absolute Gasteiger partial charge is 0.315 e. The summed E-state index contributed by atoms with van der Waals surface area (Å²) >= 11 is 0. The van der Waals surface area contributed by atoms with E-state index >= 15 is 0 Å².